The van der Waals surface area contributed by atoms with Gasteiger partial charge in [-0.1, -0.05) is 18.5 Å². The molecule has 0 aromatic heterocycles. The summed E-state index contributed by atoms with van der Waals surface area (Å²) in [6.07, 6.45) is 2.90. The van der Waals surface area contributed by atoms with Crippen molar-refractivity contribution in [2.24, 2.45) is 11.3 Å². The molecule has 0 aliphatic carbocycles. The molecule has 0 saturated carbocycles. The molecule has 128 valence electrons. The lowest BCUT2D eigenvalue weighted by Crippen LogP contribution is -2.45. The zero-order valence-corrected chi connectivity index (χ0v) is 14.9. The number of halogens is 2. The van der Waals surface area contributed by atoms with E-state index in [2.05, 4.69) is 17.6 Å². The van der Waals surface area contributed by atoms with Crippen molar-refractivity contribution in [2.45, 2.75) is 26.2 Å². The molecule has 0 radical (unpaired) electrons. The Balaban J connectivity index is 0.00000192. The van der Waals surface area contributed by atoms with Crippen LogP contribution in [0.3, 0.4) is 0 Å². The monoisotopic (exact) mass is 358 g/mol. The standard InChI is InChI=1S/C17H23ClN2O2.ClH/c1-17(4-6-19-7-5-17)11-20-16(21)13-8-12-9-14(18)2-3-15(12)22-10-13;/h2-3,9,13,19H,4-8,10-11H2,1H3,(H,20,21);1H. The van der Waals surface area contributed by atoms with E-state index in [9.17, 15) is 4.79 Å². The van der Waals surface area contributed by atoms with Crippen molar-refractivity contribution in [3.63, 3.8) is 0 Å². The van der Waals surface area contributed by atoms with E-state index < -0.39 is 0 Å². The summed E-state index contributed by atoms with van der Waals surface area (Å²) in [5.41, 5.74) is 1.23. The van der Waals surface area contributed by atoms with Gasteiger partial charge in [0.25, 0.3) is 0 Å². The zero-order chi connectivity index (χ0) is 15.6. The lowest BCUT2D eigenvalue weighted by Gasteiger charge is -2.35. The van der Waals surface area contributed by atoms with Gasteiger partial charge in [0, 0.05) is 11.6 Å². The van der Waals surface area contributed by atoms with Gasteiger partial charge in [-0.05, 0) is 61.5 Å². The van der Waals surface area contributed by atoms with Crippen molar-refractivity contribution in [3.8, 4) is 5.75 Å². The summed E-state index contributed by atoms with van der Waals surface area (Å²) >= 11 is 6.02. The third-order valence-corrected chi connectivity index (χ3v) is 5.03. The van der Waals surface area contributed by atoms with Crippen LogP contribution in [0.1, 0.15) is 25.3 Å². The third-order valence-electron chi connectivity index (χ3n) is 4.80. The van der Waals surface area contributed by atoms with E-state index in [0.717, 1.165) is 43.8 Å². The van der Waals surface area contributed by atoms with Crippen LogP contribution in [0, 0.1) is 11.3 Å². The molecular formula is C17H24Cl2N2O2. The largest absolute Gasteiger partial charge is 0.492 e. The van der Waals surface area contributed by atoms with Crippen molar-refractivity contribution in [3.05, 3.63) is 28.8 Å². The Bertz CT molecular complexity index is 560. The SMILES string of the molecule is CC1(CNC(=O)C2COc3ccc(Cl)cc3C2)CCNCC1.Cl. The molecule has 1 amide bonds. The van der Waals surface area contributed by atoms with E-state index >= 15 is 0 Å². The van der Waals surface area contributed by atoms with E-state index in [1.807, 2.05) is 18.2 Å². The molecule has 1 unspecified atom stereocenters. The number of benzene rings is 1. The number of nitrogens with one attached hydrogen (secondary N) is 2. The minimum Gasteiger partial charge on any atom is -0.492 e. The van der Waals surface area contributed by atoms with Crippen LogP contribution in [0.5, 0.6) is 5.75 Å². The van der Waals surface area contributed by atoms with Crippen LogP contribution in [0.2, 0.25) is 5.02 Å². The molecular weight excluding hydrogens is 335 g/mol. The number of carbonyl (C=O) groups is 1. The third kappa shape index (κ3) is 4.52. The maximum Gasteiger partial charge on any atom is 0.226 e. The first kappa shape index (κ1) is 18.4. The maximum absolute atomic E-state index is 12.4. The first-order valence-corrected chi connectivity index (χ1v) is 8.33. The molecule has 3 rings (SSSR count). The van der Waals surface area contributed by atoms with Crippen LogP contribution < -0.4 is 15.4 Å². The molecule has 4 nitrogen and oxygen atoms in total. The van der Waals surface area contributed by atoms with Crippen LogP contribution in [0.15, 0.2) is 18.2 Å². The second-order valence-electron chi connectivity index (χ2n) is 6.74. The highest BCUT2D eigenvalue weighted by Gasteiger charge is 2.30. The number of fused-ring (bicyclic) bond motifs is 1. The van der Waals surface area contributed by atoms with Gasteiger partial charge in [-0.3, -0.25) is 4.79 Å². The van der Waals surface area contributed by atoms with Crippen LogP contribution in [-0.4, -0.2) is 32.1 Å². The van der Waals surface area contributed by atoms with E-state index in [0.29, 0.717) is 18.1 Å². The van der Waals surface area contributed by atoms with Crippen molar-refractivity contribution in [1.29, 1.82) is 0 Å². The van der Waals surface area contributed by atoms with Gasteiger partial charge in [-0.2, -0.15) is 0 Å². The quantitative estimate of drug-likeness (QED) is 0.873. The van der Waals surface area contributed by atoms with Gasteiger partial charge in [-0.25, -0.2) is 0 Å². The second-order valence-corrected chi connectivity index (χ2v) is 7.18. The van der Waals surface area contributed by atoms with Crippen molar-refractivity contribution in [2.75, 3.05) is 26.2 Å². The number of piperidine rings is 1. The fraction of sp³-hybridized carbons (Fsp3) is 0.588. The highest BCUT2D eigenvalue weighted by Crippen LogP contribution is 2.30. The zero-order valence-electron chi connectivity index (χ0n) is 13.4. The first-order valence-electron chi connectivity index (χ1n) is 7.95. The molecule has 0 bridgehead atoms. The van der Waals surface area contributed by atoms with Gasteiger partial charge < -0.3 is 15.4 Å². The molecule has 23 heavy (non-hydrogen) atoms. The summed E-state index contributed by atoms with van der Waals surface area (Å²) in [6.45, 7) is 5.50. The fourth-order valence-corrected chi connectivity index (χ4v) is 3.38. The molecule has 1 aromatic carbocycles. The molecule has 6 heteroatoms. The van der Waals surface area contributed by atoms with Crippen LogP contribution in [-0.2, 0) is 11.2 Å². The summed E-state index contributed by atoms with van der Waals surface area (Å²) in [6, 6.07) is 5.59. The summed E-state index contributed by atoms with van der Waals surface area (Å²) in [5.74, 6) is 0.806. The van der Waals surface area contributed by atoms with Crippen molar-refractivity contribution >= 4 is 29.9 Å². The van der Waals surface area contributed by atoms with Gasteiger partial charge in [-0.15, -0.1) is 12.4 Å². The lowest BCUT2D eigenvalue weighted by molar-refractivity contribution is -0.126. The van der Waals surface area contributed by atoms with Crippen LogP contribution in [0.25, 0.3) is 0 Å². The fourth-order valence-electron chi connectivity index (χ4n) is 3.18. The normalized spacial score (nSPS) is 22.3. The lowest BCUT2D eigenvalue weighted by atomic mass is 9.81. The maximum atomic E-state index is 12.4. The molecule has 2 aliphatic rings. The molecule has 0 spiro atoms. The van der Waals surface area contributed by atoms with Crippen LogP contribution in [0.4, 0.5) is 0 Å². The van der Waals surface area contributed by atoms with Gasteiger partial charge in [0.2, 0.25) is 5.91 Å². The Morgan fingerprint density at radius 3 is 2.91 bits per heavy atom. The molecule has 2 heterocycles. The van der Waals surface area contributed by atoms with Gasteiger partial charge >= 0.3 is 0 Å². The molecule has 2 N–H and O–H groups in total. The van der Waals surface area contributed by atoms with E-state index in [1.54, 1.807) is 0 Å². The highest BCUT2D eigenvalue weighted by atomic mass is 35.5. The molecule has 1 aromatic rings. The second kappa shape index (κ2) is 7.73. The molecule has 1 fully saturated rings. The minimum absolute atomic E-state index is 0. The van der Waals surface area contributed by atoms with Crippen molar-refractivity contribution < 1.29 is 9.53 Å². The highest BCUT2D eigenvalue weighted by molar-refractivity contribution is 6.30. The Morgan fingerprint density at radius 2 is 2.17 bits per heavy atom. The number of amides is 1. The predicted molar refractivity (Wildman–Crippen MR) is 94.6 cm³/mol. The average Bonchev–Trinajstić information content (AvgIpc) is 2.52. The van der Waals surface area contributed by atoms with E-state index in [1.165, 1.54) is 0 Å². The smallest absolute Gasteiger partial charge is 0.226 e. The van der Waals surface area contributed by atoms with Crippen LogP contribution >= 0.6 is 24.0 Å². The Morgan fingerprint density at radius 1 is 1.43 bits per heavy atom. The summed E-state index contributed by atoms with van der Waals surface area (Å²) in [4.78, 5) is 12.4. The Kier molecular flexibility index (Phi) is 6.18. The molecule has 1 atom stereocenters. The van der Waals surface area contributed by atoms with Gasteiger partial charge in [0.05, 0.1) is 5.92 Å². The minimum atomic E-state index is -0.128. The van der Waals surface area contributed by atoms with E-state index in [4.69, 9.17) is 16.3 Å². The molecule has 1 saturated heterocycles. The Labute approximate surface area is 148 Å². The van der Waals surface area contributed by atoms with Gasteiger partial charge in [0.1, 0.15) is 12.4 Å². The average molecular weight is 359 g/mol. The predicted octanol–water partition coefficient (Wildman–Crippen LogP) is 2.82. The molecule has 2 aliphatic heterocycles. The first-order chi connectivity index (χ1) is 10.6. The number of rotatable bonds is 3. The number of carbonyl (C=O) groups excluding carboxylic acids is 1. The van der Waals surface area contributed by atoms with Crippen molar-refractivity contribution in [1.82, 2.24) is 10.6 Å². The summed E-state index contributed by atoms with van der Waals surface area (Å²) < 4.78 is 5.70. The number of hydrogen-bond acceptors (Lipinski definition) is 3. The Hall–Kier alpha value is -0.970. The topological polar surface area (TPSA) is 50.4 Å². The number of ether oxygens (including phenoxy) is 1. The number of hydrogen-bond donors (Lipinski definition) is 2. The summed E-state index contributed by atoms with van der Waals surface area (Å²) in [7, 11) is 0. The summed E-state index contributed by atoms with van der Waals surface area (Å²) in [5, 5.41) is 7.18. The van der Waals surface area contributed by atoms with Gasteiger partial charge in [0.15, 0.2) is 0 Å². The van der Waals surface area contributed by atoms with E-state index in [-0.39, 0.29) is 29.6 Å².